The maximum atomic E-state index is 13.5. The van der Waals surface area contributed by atoms with Gasteiger partial charge in [0.1, 0.15) is 57.2 Å². The fourth-order valence-electron chi connectivity index (χ4n) is 6.64. The van der Waals surface area contributed by atoms with Crippen LogP contribution >= 0.6 is 0 Å². The van der Waals surface area contributed by atoms with E-state index in [4.69, 9.17) is 18.9 Å². The van der Waals surface area contributed by atoms with Gasteiger partial charge in [-0.05, 0) is 177 Å². The van der Waals surface area contributed by atoms with Crippen molar-refractivity contribution in [1.82, 2.24) is 0 Å². The van der Waals surface area contributed by atoms with Gasteiger partial charge in [0, 0.05) is 17.2 Å². The van der Waals surface area contributed by atoms with Gasteiger partial charge >= 0.3 is 0 Å². The number of hydrogen-bond donors (Lipinski definition) is 2. The van der Waals surface area contributed by atoms with Crippen molar-refractivity contribution in [3.05, 3.63) is 181 Å². The number of rotatable bonds is 16. The quantitative estimate of drug-likeness (QED) is 0.0898. The molecular formula is C56H50O10S2. The van der Waals surface area contributed by atoms with Gasteiger partial charge in [0.25, 0.3) is 0 Å². The number of benzene rings is 7. The Bertz CT molecular complexity index is 3190. The molecule has 0 saturated carbocycles. The predicted octanol–water partition coefficient (Wildman–Crippen LogP) is 12.3. The summed E-state index contributed by atoms with van der Waals surface area (Å²) in [6.45, 7) is 7.56. The van der Waals surface area contributed by atoms with Crippen molar-refractivity contribution in [2.45, 2.75) is 84.2 Å². The Morgan fingerprint density at radius 3 is 0.985 bits per heavy atom. The first-order chi connectivity index (χ1) is 32.6. The molecule has 12 heteroatoms. The lowest BCUT2D eigenvalue weighted by molar-refractivity contribution is 0.0927. The molecule has 0 aliphatic heterocycles. The van der Waals surface area contributed by atoms with E-state index in [2.05, 4.69) is 23.7 Å². The fourth-order valence-corrected chi connectivity index (χ4v) is 9.16. The molecule has 0 bridgehead atoms. The van der Waals surface area contributed by atoms with Gasteiger partial charge in [-0.2, -0.15) is 0 Å². The molecule has 2 N–H and O–H groups in total. The van der Waals surface area contributed by atoms with Crippen LogP contribution in [0.5, 0.6) is 46.0 Å². The molecule has 7 rings (SSSR count). The average molecular weight is 947 g/mol. The van der Waals surface area contributed by atoms with E-state index in [1.807, 2.05) is 33.8 Å². The lowest BCUT2D eigenvalue weighted by Crippen LogP contribution is -2.23. The second-order valence-corrected chi connectivity index (χ2v) is 19.7. The molecule has 0 heterocycles. The third kappa shape index (κ3) is 12.2. The van der Waals surface area contributed by atoms with Crippen molar-refractivity contribution in [2.75, 3.05) is 0 Å². The zero-order valence-corrected chi connectivity index (χ0v) is 39.6. The van der Waals surface area contributed by atoms with Gasteiger partial charge in [0.05, 0.1) is 19.6 Å². The molecule has 0 unspecified atom stereocenters. The van der Waals surface area contributed by atoms with E-state index in [9.17, 15) is 27.0 Å². The predicted molar refractivity (Wildman–Crippen MR) is 261 cm³/mol. The van der Waals surface area contributed by atoms with E-state index in [0.717, 1.165) is 5.56 Å². The largest absolute Gasteiger partial charge is 0.457 e. The summed E-state index contributed by atoms with van der Waals surface area (Å²) < 4.78 is 78.0. The van der Waals surface area contributed by atoms with Gasteiger partial charge in [-0.25, -0.2) is 16.8 Å². The lowest BCUT2D eigenvalue weighted by Gasteiger charge is -2.17. The maximum Gasteiger partial charge on any atom is 0.206 e. The summed E-state index contributed by atoms with van der Waals surface area (Å²) in [6.07, 6.45) is 2.11. The molecule has 0 aliphatic rings. The maximum absolute atomic E-state index is 13.5. The van der Waals surface area contributed by atoms with Crippen LogP contribution in [-0.4, -0.2) is 38.3 Å². The SMILES string of the molecule is CCC(O)(C#Cc1ccc(Oc2ccc(S(=O)(=O)c3ccc(Oc4cccc(Oc5ccc(S(=O)(=O)c6ccc(Oc7cccc(C#CC(O)(CC)CC)c7)cc6)cc5)c4)cc3)cc2)cc1)CC. The minimum atomic E-state index is -3.86. The molecule has 7 aromatic rings. The first-order valence-electron chi connectivity index (χ1n) is 22.1. The Kier molecular flexibility index (Phi) is 15.1. The second-order valence-electron chi connectivity index (χ2n) is 15.8. The lowest BCUT2D eigenvalue weighted by atomic mass is 9.98. The van der Waals surface area contributed by atoms with Crippen LogP contribution in [-0.2, 0) is 19.7 Å². The van der Waals surface area contributed by atoms with Gasteiger partial charge in [0.2, 0.25) is 19.7 Å². The number of ether oxygens (including phenoxy) is 4. The summed E-state index contributed by atoms with van der Waals surface area (Å²) in [7, 11) is -7.72. The first kappa shape index (κ1) is 48.6. The normalized spacial score (nSPS) is 11.6. The van der Waals surface area contributed by atoms with Crippen LogP contribution in [0.4, 0.5) is 0 Å². The summed E-state index contributed by atoms with van der Waals surface area (Å²) in [5.41, 5.74) is -0.644. The molecule has 10 nitrogen and oxygen atoms in total. The minimum Gasteiger partial charge on any atom is -0.457 e. The summed E-state index contributed by atoms with van der Waals surface area (Å²) >= 11 is 0. The average Bonchev–Trinajstić information content (AvgIpc) is 3.36. The molecule has 0 fully saturated rings. The van der Waals surface area contributed by atoms with Crippen molar-refractivity contribution in [3.63, 3.8) is 0 Å². The van der Waals surface area contributed by atoms with E-state index in [1.54, 1.807) is 115 Å². The van der Waals surface area contributed by atoms with Crippen LogP contribution in [0.25, 0.3) is 0 Å². The van der Waals surface area contributed by atoms with Crippen LogP contribution in [0.2, 0.25) is 0 Å². The number of hydrogen-bond acceptors (Lipinski definition) is 10. The van der Waals surface area contributed by atoms with Gasteiger partial charge < -0.3 is 29.2 Å². The molecule has 0 spiro atoms. The Labute approximate surface area is 398 Å². The third-order valence-corrected chi connectivity index (χ3v) is 14.8. The highest BCUT2D eigenvalue weighted by Crippen LogP contribution is 2.33. The number of sulfone groups is 2. The molecule has 0 aromatic heterocycles. The zero-order chi connectivity index (χ0) is 48.4. The van der Waals surface area contributed by atoms with Crippen molar-refractivity contribution in [1.29, 1.82) is 0 Å². The molecule has 7 aromatic carbocycles. The summed E-state index contributed by atoms with van der Waals surface area (Å²) in [6, 6.07) is 45.5. The second kappa shape index (κ2) is 21.1. The van der Waals surface area contributed by atoms with Crippen LogP contribution in [0.15, 0.2) is 189 Å². The van der Waals surface area contributed by atoms with Crippen LogP contribution in [0.3, 0.4) is 0 Å². The number of aliphatic hydroxyl groups is 2. The first-order valence-corrected chi connectivity index (χ1v) is 25.0. The third-order valence-electron chi connectivity index (χ3n) is 11.2. The highest BCUT2D eigenvalue weighted by atomic mass is 32.2. The molecule has 0 saturated heterocycles. The minimum absolute atomic E-state index is 0.0806. The summed E-state index contributed by atoms with van der Waals surface area (Å²) in [5.74, 6) is 15.5. The molecule has 68 heavy (non-hydrogen) atoms. The van der Waals surface area contributed by atoms with Gasteiger partial charge in [-0.1, -0.05) is 63.5 Å². The Balaban J connectivity index is 0.927. The van der Waals surface area contributed by atoms with E-state index in [1.165, 1.54) is 48.5 Å². The van der Waals surface area contributed by atoms with E-state index in [-0.39, 0.29) is 19.6 Å². The van der Waals surface area contributed by atoms with E-state index < -0.39 is 30.9 Å². The standard InChI is InChI=1S/C56H50O10S2/c1-5-55(57,6-2)37-35-41-15-17-43(18-16-41)63-44-19-27-51(28-20-44)67(59,60)53-31-23-46(24-32-53)65-49-13-10-14-50(40-49)66-47-25-33-54(34-26-47)68(61,62)52-29-21-45(22-30-52)64-48-12-9-11-42(39-48)36-38-56(58,7-3)8-4/h9-34,39-40,57-58H,5-8H2,1-4H3. The van der Waals surface area contributed by atoms with Crippen molar-refractivity contribution in [2.24, 2.45) is 0 Å². The Morgan fingerprint density at radius 2 is 0.647 bits per heavy atom. The highest BCUT2D eigenvalue weighted by Gasteiger charge is 2.21. The molecule has 0 aliphatic carbocycles. The van der Waals surface area contributed by atoms with Gasteiger partial charge in [-0.15, -0.1) is 0 Å². The summed E-state index contributed by atoms with van der Waals surface area (Å²) in [5, 5.41) is 20.9. The van der Waals surface area contributed by atoms with Crippen molar-refractivity contribution < 1.29 is 46.0 Å². The molecule has 0 radical (unpaired) electrons. The topological polar surface area (TPSA) is 146 Å². The van der Waals surface area contributed by atoms with Crippen molar-refractivity contribution in [3.8, 4) is 69.7 Å². The fraction of sp³-hybridized carbons (Fsp3) is 0.179. The molecular weight excluding hydrogens is 897 g/mol. The van der Waals surface area contributed by atoms with Crippen molar-refractivity contribution >= 4 is 19.7 Å². The van der Waals surface area contributed by atoms with Gasteiger partial charge in [-0.3, -0.25) is 0 Å². The van der Waals surface area contributed by atoms with E-state index >= 15 is 0 Å². The monoisotopic (exact) mass is 946 g/mol. The molecule has 0 atom stereocenters. The van der Waals surface area contributed by atoms with Gasteiger partial charge in [0.15, 0.2) is 0 Å². The van der Waals surface area contributed by atoms with E-state index in [0.29, 0.717) is 77.2 Å². The Morgan fingerprint density at radius 1 is 0.368 bits per heavy atom. The molecule has 346 valence electrons. The highest BCUT2D eigenvalue weighted by molar-refractivity contribution is 7.91. The Hall–Kier alpha value is -7.32. The zero-order valence-electron chi connectivity index (χ0n) is 38.0. The van der Waals surface area contributed by atoms with Crippen LogP contribution in [0, 0.1) is 23.7 Å². The molecule has 0 amide bonds. The van der Waals surface area contributed by atoms with Crippen LogP contribution in [0.1, 0.15) is 64.5 Å². The summed E-state index contributed by atoms with van der Waals surface area (Å²) in [4.78, 5) is 0.352. The smallest absolute Gasteiger partial charge is 0.206 e. The van der Waals surface area contributed by atoms with Crippen LogP contribution < -0.4 is 18.9 Å².